The SMILES string of the molecule is Cc1nn(C)c2sc(C(=O)N3CC4CCC(N)C4C3)cc12. The molecule has 0 spiro atoms. The first-order valence-corrected chi connectivity index (χ1v) is 8.34. The van der Waals surface area contributed by atoms with E-state index in [1.165, 1.54) is 6.42 Å². The number of hydrogen-bond donors (Lipinski definition) is 1. The van der Waals surface area contributed by atoms with Crippen LogP contribution in [0.4, 0.5) is 0 Å². The number of thiophene rings is 1. The molecule has 2 aliphatic rings. The highest BCUT2D eigenvalue weighted by Gasteiger charge is 2.42. The van der Waals surface area contributed by atoms with Crippen LogP contribution >= 0.6 is 11.3 Å². The van der Waals surface area contributed by atoms with E-state index in [-0.39, 0.29) is 11.9 Å². The lowest BCUT2D eigenvalue weighted by molar-refractivity contribution is 0.0784. The van der Waals surface area contributed by atoms with Crippen molar-refractivity contribution in [1.82, 2.24) is 14.7 Å². The maximum absolute atomic E-state index is 12.7. The molecule has 0 radical (unpaired) electrons. The Balaban J connectivity index is 1.61. The van der Waals surface area contributed by atoms with E-state index < -0.39 is 0 Å². The molecule has 2 aromatic heterocycles. The molecule has 3 atom stereocenters. The van der Waals surface area contributed by atoms with Crippen molar-refractivity contribution in [3.63, 3.8) is 0 Å². The third kappa shape index (κ3) is 1.92. The first kappa shape index (κ1) is 13.3. The minimum absolute atomic E-state index is 0.164. The number of nitrogens with two attached hydrogens (primary N) is 1. The van der Waals surface area contributed by atoms with E-state index in [9.17, 15) is 4.79 Å². The zero-order valence-electron chi connectivity index (χ0n) is 12.4. The van der Waals surface area contributed by atoms with Crippen LogP contribution < -0.4 is 5.73 Å². The first-order chi connectivity index (χ1) is 10.0. The topological polar surface area (TPSA) is 64.2 Å². The molecule has 3 heterocycles. The molecule has 1 saturated carbocycles. The molecule has 21 heavy (non-hydrogen) atoms. The van der Waals surface area contributed by atoms with Crippen LogP contribution in [0.2, 0.25) is 0 Å². The Morgan fingerprint density at radius 2 is 2.24 bits per heavy atom. The fraction of sp³-hybridized carbons (Fsp3) is 0.600. The molecule has 2 N–H and O–H groups in total. The average molecular weight is 304 g/mol. The van der Waals surface area contributed by atoms with Crippen LogP contribution in [0.5, 0.6) is 0 Å². The highest BCUT2D eigenvalue weighted by molar-refractivity contribution is 7.20. The third-order valence-corrected chi connectivity index (χ3v) is 6.30. The quantitative estimate of drug-likeness (QED) is 0.873. The maximum Gasteiger partial charge on any atom is 0.264 e. The van der Waals surface area contributed by atoms with Gasteiger partial charge in [-0.3, -0.25) is 9.48 Å². The Hall–Kier alpha value is -1.40. The molecule has 2 aromatic rings. The van der Waals surface area contributed by atoms with Crippen molar-refractivity contribution < 1.29 is 4.79 Å². The normalized spacial score (nSPS) is 28.5. The molecule has 1 aliphatic carbocycles. The Morgan fingerprint density at radius 1 is 1.43 bits per heavy atom. The molecule has 0 aromatic carbocycles. The van der Waals surface area contributed by atoms with Crippen LogP contribution in [-0.4, -0.2) is 39.7 Å². The fourth-order valence-corrected chi connectivity index (χ4v) is 5.03. The summed E-state index contributed by atoms with van der Waals surface area (Å²) in [5.74, 6) is 1.28. The van der Waals surface area contributed by atoms with Crippen molar-refractivity contribution in [2.75, 3.05) is 13.1 Å². The molecule has 1 aliphatic heterocycles. The molecule has 5 nitrogen and oxygen atoms in total. The van der Waals surface area contributed by atoms with Gasteiger partial charge >= 0.3 is 0 Å². The third-order valence-electron chi connectivity index (χ3n) is 5.11. The number of rotatable bonds is 1. The largest absolute Gasteiger partial charge is 0.337 e. The molecule has 2 fully saturated rings. The lowest BCUT2D eigenvalue weighted by atomic mass is 9.98. The van der Waals surface area contributed by atoms with Crippen LogP contribution in [-0.2, 0) is 7.05 Å². The summed E-state index contributed by atoms with van der Waals surface area (Å²) in [5, 5.41) is 5.49. The van der Waals surface area contributed by atoms with Gasteiger partial charge in [-0.25, -0.2) is 0 Å². The number of carbonyl (C=O) groups is 1. The molecule has 6 heteroatoms. The van der Waals surface area contributed by atoms with Crippen molar-refractivity contribution in [1.29, 1.82) is 0 Å². The Labute approximate surface area is 127 Å². The van der Waals surface area contributed by atoms with Crippen molar-refractivity contribution >= 4 is 27.5 Å². The highest BCUT2D eigenvalue weighted by Crippen LogP contribution is 2.38. The molecule has 1 amide bonds. The molecular weight excluding hydrogens is 284 g/mol. The van der Waals surface area contributed by atoms with Crippen LogP contribution in [0.1, 0.15) is 28.2 Å². The molecule has 0 bridgehead atoms. The van der Waals surface area contributed by atoms with E-state index >= 15 is 0 Å². The number of nitrogens with zero attached hydrogens (tertiary/aromatic N) is 3. The summed E-state index contributed by atoms with van der Waals surface area (Å²) < 4.78 is 1.86. The summed E-state index contributed by atoms with van der Waals surface area (Å²) in [7, 11) is 1.93. The lowest BCUT2D eigenvalue weighted by Gasteiger charge is -2.17. The second kappa shape index (κ2) is 4.55. The number of amides is 1. The van der Waals surface area contributed by atoms with E-state index in [0.717, 1.165) is 40.3 Å². The second-order valence-electron chi connectivity index (χ2n) is 6.41. The van der Waals surface area contributed by atoms with Gasteiger partial charge in [-0.2, -0.15) is 5.10 Å². The van der Waals surface area contributed by atoms with Crippen molar-refractivity contribution in [2.45, 2.75) is 25.8 Å². The van der Waals surface area contributed by atoms with Gasteiger partial charge in [0, 0.05) is 31.6 Å². The van der Waals surface area contributed by atoms with E-state index in [2.05, 4.69) is 5.10 Å². The van der Waals surface area contributed by atoms with E-state index in [1.54, 1.807) is 11.3 Å². The van der Waals surface area contributed by atoms with Gasteiger partial charge in [-0.15, -0.1) is 11.3 Å². The van der Waals surface area contributed by atoms with Gasteiger partial charge in [0.15, 0.2) is 0 Å². The fourth-order valence-electron chi connectivity index (χ4n) is 3.94. The van der Waals surface area contributed by atoms with Crippen molar-refractivity contribution in [2.24, 2.45) is 24.6 Å². The minimum Gasteiger partial charge on any atom is -0.337 e. The molecule has 1 saturated heterocycles. The highest BCUT2D eigenvalue weighted by atomic mass is 32.1. The van der Waals surface area contributed by atoms with Crippen LogP contribution in [0.25, 0.3) is 10.2 Å². The number of hydrogen-bond acceptors (Lipinski definition) is 4. The summed E-state index contributed by atoms with van der Waals surface area (Å²) in [5.41, 5.74) is 7.15. The standard InChI is InChI=1S/C15H20N4OS/c1-8-10-5-13(21-15(10)18(2)17-8)14(20)19-6-9-3-4-12(16)11(9)7-19/h5,9,11-12H,3-4,6-7,16H2,1-2H3. The number of likely N-dealkylation sites (tertiary alicyclic amines) is 1. The number of fused-ring (bicyclic) bond motifs is 2. The average Bonchev–Trinajstić information content (AvgIpc) is 3.16. The van der Waals surface area contributed by atoms with Crippen LogP contribution in [0.3, 0.4) is 0 Å². The Morgan fingerprint density at radius 3 is 2.95 bits per heavy atom. The summed E-state index contributed by atoms with van der Waals surface area (Å²) in [4.78, 5) is 16.6. The molecule has 4 rings (SSSR count). The maximum atomic E-state index is 12.7. The van der Waals surface area contributed by atoms with Crippen LogP contribution in [0.15, 0.2) is 6.07 Å². The van der Waals surface area contributed by atoms with Crippen molar-refractivity contribution in [3.05, 3.63) is 16.6 Å². The van der Waals surface area contributed by atoms with E-state index in [1.807, 2.05) is 29.6 Å². The first-order valence-electron chi connectivity index (χ1n) is 7.52. The Bertz CT molecular complexity index is 684. The van der Waals surface area contributed by atoms with E-state index in [4.69, 9.17) is 5.73 Å². The van der Waals surface area contributed by atoms with Gasteiger partial charge in [-0.05, 0) is 37.7 Å². The summed E-state index contributed by atoms with van der Waals surface area (Å²) in [6.07, 6.45) is 2.29. The van der Waals surface area contributed by atoms with E-state index in [0.29, 0.717) is 11.8 Å². The molecular formula is C15H20N4OS. The lowest BCUT2D eigenvalue weighted by Crippen LogP contribution is -2.33. The zero-order chi connectivity index (χ0) is 14.7. The van der Waals surface area contributed by atoms with Crippen molar-refractivity contribution in [3.8, 4) is 0 Å². The second-order valence-corrected chi connectivity index (χ2v) is 7.44. The smallest absolute Gasteiger partial charge is 0.264 e. The predicted octanol–water partition coefficient (Wildman–Crippen LogP) is 1.75. The minimum atomic E-state index is 0.164. The summed E-state index contributed by atoms with van der Waals surface area (Å²) >= 11 is 1.55. The monoisotopic (exact) mass is 304 g/mol. The Kier molecular flexibility index (Phi) is 2.87. The van der Waals surface area contributed by atoms with Gasteiger partial charge in [0.2, 0.25) is 0 Å². The predicted molar refractivity (Wildman–Crippen MR) is 83.4 cm³/mol. The summed E-state index contributed by atoms with van der Waals surface area (Å²) in [6.45, 7) is 3.70. The van der Waals surface area contributed by atoms with Gasteiger partial charge in [-0.1, -0.05) is 0 Å². The number of aryl methyl sites for hydroxylation is 2. The summed E-state index contributed by atoms with van der Waals surface area (Å²) in [6, 6.07) is 2.28. The molecule has 112 valence electrons. The number of carbonyl (C=O) groups excluding carboxylic acids is 1. The van der Waals surface area contributed by atoms with Gasteiger partial charge in [0.05, 0.1) is 10.6 Å². The zero-order valence-corrected chi connectivity index (χ0v) is 13.2. The van der Waals surface area contributed by atoms with Gasteiger partial charge in [0.1, 0.15) is 4.83 Å². The molecule has 3 unspecified atom stereocenters. The van der Waals surface area contributed by atoms with Gasteiger partial charge < -0.3 is 10.6 Å². The number of aromatic nitrogens is 2. The van der Waals surface area contributed by atoms with Crippen LogP contribution in [0, 0.1) is 18.8 Å². The van der Waals surface area contributed by atoms with Gasteiger partial charge in [0.25, 0.3) is 5.91 Å².